The summed E-state index contributed by atoms with van der Waals surface area (Å²) < 4.78 is 46.8. The highest BCUT2D eigenvalue weighted by atomic mass is 19.4. The van der Waals surface area contributed by atoms with Gasteiger partial charge >= 0.3 is 6.18 Å². The van der Waals surface area contributed by atoms with E-state index < -0.39 is 23.4 Å². The molecule has 4 rings (SSSR count). The van der Waals surface area contributed by atoms with Crippen molar-refractivity contribution in [2.45, 2.75) is 71.7 Å². The lowest BCUT2D eigenvalue weighted by molar-refractivity contribution is -0.141. The highest BCUT2D eigenvalue weighted by Crippen LogP contribution is 2.33. The minimum atomic E-state index is -4.68. The van der Waals surface area contributed by atoms with Crippen LogP contribution in [-0.4, -0.2) is 61.9 Å². The Morgan fingerprint density at radius 1 is 1.19 bits per heavy atom. The average Bonchev–Trinajstić information content (AvgIpc) is 3.32. The molecule has 1 aliphatic rings. The van der Waals surface area contributed by atoms with E-state index in [-0.39, 0.29) is 35.7 Å². The number of halogens is 3. The van der Waals surface area contributed by atoms with Crippen LogP contribution in [0.3, 0.4) is 0 Å². The first-order valence-electron chi connectivity index (χ1n) is 14.3. The molecule has 42 heavy (non-hydrogen) atoms. The van der Waals surface area contributed by atoms with E-state index in [1.807, 2.05) is 27.7 Å². The first-order valence-corrected chi connectivity index (χ1v) is 14.3. The number of carbonyl (C=O) groups is 2. The number of piperidine rings is 1. The summed E-state index contributed by atoms with van der Waals surface area (Å²) in [5.41, 5.74) is -1.50. The molecule has 0 spiro atoms. The van der Waals surface area contributed by atoms with Crippen molar-refractivity contribution in [3.63, 3.8) is 0 Å². The highest BCUT2D eigenvalue weighted by Gasteiger charge is 2.35. The van der Waals surface area contributed by atoms with Crippen molar-refractivity contribution in [1.29, 1.82) is 0 Å². The summed E-state index contributed by atoms with van der Waals surface area (Å²) >= 11 is 0. The molecule has 12 heteroatoms. The number of anilines is 1. The molecule has 2 amide bonds. The minimum Gasteiger partial charge on any atom is -0.491 e. The van der Waals surface area contributed by atoms with Gasteiger partial charge in [-0.1, -0.05) is 33.3 Å². The van der Waals surface area contributed by atoms with Gasteiger partial charge in [0, 0.05) is 30.7 Å². The average molecular weight is 590 g/mol. The molecule has 0 aliphatic carbocycles. The Morgan fingerprint density at radius 3 is 2.55 bits per heavy atom. The zero-order valence-electron chi connectivity index (χ0n) is 24.4. The lowest BCUT2D eigenvalue weighted by atomic mass is 9.79. The molecular weight excluding hydrogens is 551 g/mol. The van der Waals surface area contributed by atoms with Crippen LogP contribution in [0.1, 0.15) is 69.6 Å². The van der Waals surface area contributed by atoms with E-state index in [9.17, 15) is 27.9 Å². The van der Waals surface area contributed by atoms with Gasteiger partial charge in [0.05, 0.1) is 23.4 Å². The fourth-order valence-electron chi connectivity index (χ4n) is 5.26. The molecule has 228 valence electrons. The van der Waals surface area contributed by atoms with Crippen molar-refractivity contribution in [3.8, 4) is 5.75 Å². The zero-order valence-corrected chi connectivity index (χ0v) is 24.4. The summed E-state index contributed by atoms with van der Waals surface area (Å²) in [7, 11) is 0. The van der Waals surface area contributed by atoms with E-state index in [2.05, 4.69) is 15.4 Å². The number of nitrogens with zero attached hydrogens (tertiary/aromatic N) is 4. The number of likely N-dealkylation sites (tertiary alicyclic amines) is 1. The van der Waals surface area contributed by atoms with Gasteiger partial charge in [-0.3, -0.25) is 14.3 Å². The van der Waals surface area contributed by atoms with Gasteiger partial charge in [0.25, 0.3) is 5.91 Å². The summed E-state index contributed by atoms with van der Waals surface area (Å²) in [6, 6.07) is 6.38. The maximum absolute atomic E-state index is 13.1. The Morgan fingerprint density at radius 2 is 1.90 bits per heavy atom. The summed E-state index contributed by atoms with van der Waals surface area (Å²) in [4.78, 5) is 31.2. The van der Waals surface area contributed by atoms with Gasteiger partial charge in [0.15, 0.2) is 0 Å². The standard InChI is InChI=1S/C30H38F3N5O4/c1-5-11-29(4,41)21-9-12-37(13-10-21)27(39)17-38-16-20-14-24(25(15-23(20)36-38)42-18-19(2)3)35-28(40)22-7-6-8-26(34-22)30(31,32)33/h6-8,14-16,19,21,41H,5,9-13,17-18H2,1-4H3,(H,35,40). The number of aromatic nitrogens is 3. The van der Waals surface area contributed by atoms with Crippen LogP contribution in [0, 0.1) is 11.8 Å². The summed E-state index contributed by atoms with van der Waals surface area (Å²) in [5, 5.41) is 18.5. The van der Waals surface area contributed by atoms with Crippen LogP contribution in [0.15, 0.2) is 36.5 Å². The van der Waals surface area contributed by atoms with Crippen molar-refractivity contribution in [2.24, 2.45) is 11.8 Å². The molecule has 0 bridgehead atoms. The Bertz CT molecular complexity index is 1410. The van der Waals surface area contributed by atoms with E-state index in [1.54, 1.807) is 23.2 Å². The summed E-state index contributed by atoms with van der Waals surface area (Å²) in [6.07, 6.45) is 0.0951. The number of amides is 2. The van der Waals surface area contributed by atoms with Gasteiger partial charge < -0.3 is 20.1 Å². The van der Waals surface area contributed by atoms with Gasteiger partial charge in [-0.15, -0.1) is 0 Å². The number of benzene rings is 1. The zero-order chi connectivity index (χ0) is 30.7. The lowest BCUT2D eigenvalue weighted by Crippen LogP contribution is -2.46. The fraction of sp³-hybridized carbons (Fsp3) is 0.533. The van der Waals surface area contributed by atoms with Crippen LogP contribution >= 0.6 is 0 Å². The largest absolute Gasteiger partial charge is 0.491 e. The SMILES string of the molecule is CCCC(C)(O)C1CCN(C(=O)Cn2cc3cc(NC(=O)c4cccc(C(F)(F)F)n4)c(OCC(C)C)cc3n2)CC1. The van der Waals surface area contributed by atoms with Crippen LogP contribution < -0.4 is 10.1 Å². The van der Waals surface area contributed by atoms with Gasteiger partial charge in [-0.2, -0.15) is 18.3 Å². The molecule has 1 saturated heterocycles. The van der Waals surface area contributed by atoms with E-state index >= 15 is 0 Å². The van der Waals surface area contributed by atoms with Crippen LogP contribution in [-0.2, 0) is 17.5 Å². The number of nitrogens with one attached hydrogen (secondary N) is 1. The number of fused-ring (bicyclic) bond motifs is 1. The predicted octanol–water partition coefficient (Wildman–Crippen LogP) is 5.53. The van der Waals surface area contributed by atoms with E-state index in [4.69, 9.17) is 4.74 Å². The predicted molar refractivity (Wildman–Crippen MR) is 152 cm³/mol. The number of rotatable bonds is 10. The Hall–Kier alpha value is -3.67. The second-order valence-electron chi connectivity index (χ2n) is 11.6. The molecule has 1 aromatic carbocycles. The highest BCUT2D eigenvalue weighted by molar-refractivity contribution is 6.05. The Labute approximate surface area is 243 Å². The first kappa shape index (κ1) is 31.3. The number of pyridine rings is 1. The molecule has 2 N–H and O–H groups in total. The lowest BCUT2D eigenvalue weighted by Gasteiger charge is -2.39. The summed E-state index contributed by atoms with van der Waals surface area (Å²) in [6.45, 7) is 9.31. The van der Waals surface area contributed by atoms with Crippen molar-refractivity contribution in [2.75, 3.05) is 25.0 Å². The maximum atomic E-state index is 13.1. The van der Waals surface area contributed by atoms with Gasteiger partial charge in [0.2, 0.25) is 5.91 Å². The van der Waals surface area contributed by atoms with Crippen molar-refractivity contribution in [1.82, 2.24) is 19.7 Å². The van der Waals surface area contributed by atoms with Gasteiger partial charge in [-0.25, -0.2) is 4.98 Å². The number of alkyl halides is 3. The Kier molecular flexibility index (Phi) is 9.44. The Balaban J connectivity index is 1.51. The molecule has 3 heterocycles. The topological polar surface area (TPSA) is 110 Å². The monoisotopic (exact) mass is 589 g/mol. The van der Waals surface area contributed by atoms with Gasteiger partial charge in [0.1, 0.15) is 23.7 Å². The first-order chi connectivity index (χ1) is 19.8. The number of carbonyl (C=O) groups excluding carboxylic acids is 2. The fourth-order valence-corrected chi connectivity index (χ4v) is 5.26. The second kappa shape index (κ2) is 12.7. The smallest absolute Gasteiger partial charge is 0.433 e. The van der Waals surface area contributed by atoms with Crippen LogP contribution in [0.25, 0.3) is 10.9 Å². The van der Waals surface area contributed by atoms with E-state index in [1.165, 1.54) is 10.7 Å². The third-order valence-corrected chi connectivity index (χ3v) is 7.53. The van der Waals surface area contributed by atoms with E-state index in [0.717, 1.165) is 37.8 Å². The van der Waals surface area contributed by atoms with E-state index in [0.29, 0.717) is 36.3 Å². The van der Waals surface area contributed by atoms with Crippen LogP contribution in [0.5, 0.6) is 5.75 Å². The molecule has 0 radical (unpaired) electrons. The van der Waals surface area contributed by atoms with Crippen molar-refractivity contribution >= 4 is 28.4 Å². The second-order valence-corrected chi connectivity index (χ2v) is 11.6. The maximum Gasteiger partial charge on any atom is 0.433 e. The minimum absolute atomic E-state index is 0.0166. The van der Waals surface area contributed by atoms with Gasteiger partial charge in [-0.05, 0) is 56.2 Å². The number of hydrogen-bond donors (Lipinski definition) is 2. The van der Waals surface area contributed by atoms with Crippen LogP contribution in [0.2, 0.25) is 0 Å². The third-order valence-electron chi connectivity index (χ3n) is 7.53. The number of ether oxygens (including phenoxy) is 1. The summed E-state index contributed by atoms with van der Waals surface area (Å²) in [5.74, 6) is -0.290. The normalized spacial score (nSPS) is 16.1. The molecule has 0 saturated carbocycles. The molecule has 2 aromatic heterocycles. The molecule has 9 nitrogen and oxygen atoms in total. The molecule has 1 unspecified atom stereocenters. The molecular formula is C30H38F3N5O4. The quantitative estimate of drug-likeness (QED) is 0.322. The molecule has 1 fully saturated rings. The number of aliphatic hydroxyl groups is 1. The van der Waals surface area contributed by atoms with Crippen LogP contribution in [0.4, 0.5) is 18.9 Å². The molecule has 1 aliphatic heterocycles. The number of hydrogen-bond acceptors (Lipinski definition) is 6. The third kappa shape index (κ3) is 7.58. The van der Waals surface area contributed by atoms with Crippen molar-refractivity contribution in [3.05, 3.63) is 47.9 Å². The molecule has 3 aromatic rings. The van der Waals surface area contributed by atoms with Crippen molar-refractivity contribution < 1.29 is 32.6 Å². The molecule has 1 atom stereocenters.